The van der Waals surface area contributed by atoms with E-state index in [0.717, 1.165) is 6.42 Å². The summed E-state index contributed by atoms with van der Waals surface area (Å²) in [5, 5.41) is 0. The van der Waals surface area contributed by atoms with Gasteiger partial charge in [-0.05, 0) is 24.7 Å². The van der Waals surface area contributed by atoms with Crippen molar-refractivity contribution in [3.63, 3.8) is 0 Å². The fourth-order valence-corrected chi connectivity index (χ4v) is 1.78. The van der Waals surface area contributed by atoms with Crippen LogP contribution in [0.5, 0.6) is 0 Å². The summed E-state index contributed by atoms with van der Waals surface area (Å²) in [7, 11) is 0. The van der Waals surface area contributed by atoms with Crippen LogP contribution in [0.1, 0.15) is 47.5 Å². The third-order valence-electron chi connectivity index (χ3n) is 1.89. The SMILES string of the molecule is CCOC(=O)CC(C)(C)CC(C)C. The summed E-state index contributed by atoms with van der Waals surface area (Å²) in [6, 6.07) is 0. The van der Waals surface area contributed by atoms with Gasteiger partial charge in [-0.1, -0.05) is 27.7 Å². The fraction of sp³-hybridized carbons (Fsp3) is 0.909. The van der Waals surface area contributed by atoms with Gasteiger partial charge in [0.1, 0.15) is 0 Å². The Morgan fingerprint density at radius 1 is 1.38 bits per heavy atom. The Kier molecular flexibility index (Phi) is 5.04. The molecule has 0 aromatic heterocycles. The van der Waals surface area contributed by atoms with Gasteiger partial charge in [-0.3, -0.25) is 4.79 Å². The molecule has 0 aromatic rings. The van der Waals surface area contributed by atoms with Gasteiger partial charge in [-0.2, -0.15) is 0 Å². The van der Waals surface area contributed by atoms with E-state index < -0.39 is 0 Å². The number of esters is 1. The number of carbonyl (C=O) groups excluding carboxylic acids is 1. The zero-order valence-electron chi connectivity index (χ0n) is 9.52. The minimum absolute atomic E-state index is 0.0699. The first-order valence-corrected chi connectivity index (χ1v) is 5.03. The third-order valence-corrected chi connectivity index (χ3v) is 1.89. The van der Waals surface area contributed by atoms with Crippen LogP contribution in [0.2, 0.25) is 0 Å². The van der Waals surface area contributed by atoms with E-state index in [9.17, 15) is 4.79 Å². The van der Waals surface area contributed by atoms with Crippen LogP contribution in [-0.4, -0.2) is 12.6 Å². The lowest BCUT2D eigenvalue weighted by Crippen LogP contribution is -2.20. The molecule has 0 bridgehead atoms. The highest BCUT2D eigenvalue weighted by Gasteiger charge is 2.23. The average molecular weight is 186 g/mol. The molecule has 0 spiro atoms. The number of carbonyl (C=O) groups is 1. The van der Waals surface area contributed by atoms with Crippen LogP contribution in [0.3, 0.4) is 0 Å². The summed E-state index contributed by atoms with van der Waals surface area (Å²) < 4.78 is 4.92. The first-order valence-electron chi connectivity index (χ1n) is 5.03. The molecular weight excluding hydrogens is 164 g/mol. The second kappa shape index (κ2) is 5.25. The van der Waals surface area contributed by atoms with Crippen molar-refractivity contribution in [3.05, 3.63) is 0 Å². The Morgan fingerprint density at radius 3 is 2.31 bits per heavy atom. The molecule has 0 radical (unpaired) electrons. The highest BCUT2D eigenvalue weighted by molar-refractivity contribution is 5.70. The second-order valence-corrected chi connectivity index (χ2v) is 4.74. The molecule has 0 fully saturated rings. The Hall–Kier alpha value is -0.530. The van der Waals surface area contributed by atoms with Crippen molar-refractivity contribution in [3.8, 4) is 0 Å². The molecule has 2 nitrogen and oxygen atoms in total. The summed E-state index contributed by atoms with van der Waals surface area (Å²) in [6.07, 6.45) is 1.59. The number of hydrogen-bond acceptors (Lipinski definition) is 2. The van der Waals surface area contributed by atoms with Crippen LogP contribution in [0.4, 0.5) is 0 Å². The Labute approximate surface area is 81.7 Å². The minimum atomic E-state index is -0.0758. The largest absolute Gasteiger partial charge is 0.466 e. The zero-order valence-corrected chi connectivity index (χ0v) is 9.52. The smallest absolute Gasteiger partial charge is 0.306 e. The molecule has 0 N–H and O–H groups in total. The van der Waals surface area contributed by atoms with Gasteiger partial charge in [0.2, 0.25) is 0 Å². The molecule has 0 heterocycles. The lowest BCUT2D eigenvalue weighted by Gasteiger charge is -2.25. The van der Waals surface area contributed by atoms with E-state index in [0.29, 0.717) is 18.9 Å². The second-order valence-electron chi connectivity index (χ2n) is 4.74. The van der Waals surface area contributed by atoms with Crippen molar-refractivity contribution in [1.82, 2.24) is 0 Å². The summed E-state index contributed by atoms with van der Waals surface area (Å²) in [6.45, 7) is 10.9. The van der Waals surface area contributed by atoms with Gasteiger partial charge in [-0.25, -0.2) is 0 Å². The van der Waals surface area contributed by atoms with Crippen molar-refractivity contribution < 1.29 is 9.53 Å². The molecule has 0 saturated heterocycles. The molecule has 0 saturated carbocycles. The van der Waals surface area contributed by atoms with Crippen LogP contribution in [0.25, 0.3) is 0 Å². The molecule has 0 aliphatic carbocycles. The van der Waals surface area contributed by atoms with Gasteiger partial charge in [0.15, 0.2) is 0 Å². The molecule has 0 atom stereocenters. The van der Waals surface area contributed by atoms with E-state index in [1.165, 1.54) is 0 Å². The summed E-state index contributed by atoms with van der Waals surface area (Å²) in [5.74, 6) is 0.553. The molecule has 0 unspecified atom stereocenters. The fourth-order valence-electron chi connectivity index (χ4n) is 1.78. The maximum atomic E-state index is 11.2. The molecule has 2 heteroatoms. The summed E-state index contributed by atoms with van der Waals surface area (Å²) in [5.41, 5.74) is 0.0699. The van der Waals surface area contributed by atoms with E-state index in [2.05, 4.69) is 27.7 Å². The molecule has 0 rings (SSSR count). The quantitative estimate of drug-likeness (QED) is 0.617. The average Bonchev–Trinajstić information content (AvgIpc) is 1.81. The first kappa shape index (κ1) is 12.5. The van der Waals surface area contributed by atoms with Crippen molar-refractivity contribution in [2.24, 2.45) is 11.3 Å². The number of hydrogen-bond donors (Lipinski definition) is 0. The predicted octanol–water partition coefficient (Wildman–Crippen LogP) is 3.01. The third kappa shape index (κ3) is 6.62. The zero-order chi connectivity index (χ0) is 10.5. The van der Waals surface area contributed by atoms with E-state index >= 15 is 0 Å². The van der Waals surface area contributed by atoms with Crippen molar-refractivity contribution in [1.29, 1.82) is 0 Å². The predicted molar refractivity (Wildman–Crippen MR) is 54.5 cm³/mol. The van der Waals surface area contributed by atoms with Gasteiger partial charge in [-0.15, -0.1) is 0 Å². The van der Waals surface area contributed by atoms with E-state index in [4.69, 9.17) is 4.74 Å². The Balaban J connectivity index is 3.93. The molecule has 0 aliphatic rings. The van der Waals surface area contributed by atoms with Crippen LogP contribution in [-0.2, 0) is 9.53 Å². The van der Waals surface area contributed by atoms with Gasteiger partial charge in [0, 0.05) is 0 Å². The van der Waals surface area contributed by atoms with Crippen LogP contribution in [0, 0.1) is 11.3 Å². The van der Waals surface area contributed by atoms with Crippen molar-refractivity contribution in [2.45, 2.75) is 47.5 Å². The van der Waals surface area contributed by atoms with E-state index in [1.807, 2.05) is 6.92 Å². The lowest BCUT2D eigenvalue weighted by atomic mass is 9.81. The first-order chi connectivity index (χ1) is 5.87. The maximum absolute atomic E-state index is 11.2. The topological polar surface area (TPSA) is 26.3 Å². The highest BCUT2D eigenvalue weighted by Crippen LogP contribution is 2.29. The van der Waals surface area contributed by atoms with Crippen LogP contribution >= 0.6 is 0 Å². The summed E-state index contributed by atoms with van der Waals surface area (Å²) >= 11 is 0. The Morgan fingerprint density at radius 2 is 1.92 bits per heavy atom. The standard InChI is InChI=1S/C11H22O2/c1-6-13-10(12)8-11(4,5)7-9(2)3/h9H,6-8H2,1-5H3. The van der Waals surface area contributed by atoms with Gasteiger partial charge in [0.25, 0.3) is 0 Å². The number of ether oxygens (including phenoxy) is 1. The molecule has 0 aromatic carbocycles. The molecular formula is C11H22O2. The van der Waals surface area contributed by atoms with Crippen LogP contribution < -0.4 is 0 Å². The van der Waals surface area contributed by atoms with E-state index in [1.54, 1.807) is 0 Å². The number of rotatable bonds is 5. The van der Waals surface area contributed by atoms with E-state index in [-0.39, 0.29) is 11.4 Å². The van der Waals surface area contributed by atoms with Crippen molar-refractivity contribution >= 4 is 5.97 Å². The van der Waals surface area contributed by atoms with Crippen LogP contribution in [0.15, 0.2) is 0 Å². The molecule has 13 heavy (non-hydrogen) atoms. The van der Waals surface area contributed by atoms with Crippen molar-refractivity contribution in [2.75, 3.05) is 6.61 Å². The van der Waals surface area contributed by atoms with Gasteiger partial charge in [0.05, 0.1) is 13.0 Å². The molecule has 0 amide bonds. The molecule has 0 aliphatic heterocycles. The minimum Gasteiger partial charge on any atom is -0.466 e. The molecule has 78 valence electrons. The lowest BCUT2D eigenvalue weighted by molar-refractivity contribution is -0.145. The highest BCUT2D eigenvalue weighted by atomic mass is 16.5. The summed E-state index contributed by atoms with van der Waals surface area (Å²) in [4.78, 5) is 11.2. The van der Waals surface area contributed by atoms with Gasteiger partial charge >= 0.3 is 5.97 Å². The normalized spacial score (nSPS) is 11.8. The maximum Gasteiger partial charge on any atom is 0.306 e. The monoisotopic (exact) mass is 186 g/mol. The van der Waals surface area contributed by atoms with Gasteiger partial charge < -0.3 is 4.74 Å². The Bertz CT molecular complexity index is 159.